The van der Waals surface area contributed by atoms with Crippen molar-refractivity contribution in [3.63, 3.8) is 0 Å². The Kier molecular flexibility index (Phi) is 3.23. The molecule has 0 atom stereocenters. The summed E-state index contributed by atoms with van der Waals surface area (Å²) >= 11 is 0. The number of nitrogens with zero attached hydrogens (tertiary/aromatic N) is 2. The standard InChI is InChI=1S/C13H14N2O2/c1-9-6-7-11(17-3)13(15-9)12-10(16-2)5-4-8-14-12/h4-8H,1-3H3. The van der Waals surface area contributed by atoms with E-state index < -0.39 is 0 Å². The fraction of sp³-hybridized carbons (Fsp3) is 0.231. The van der Waals surface area contributed by atoms with Crippen molar-refractivity contribution < 1.29 is 9.47 Å². The van der Waals surface area contributed by atoms with Crippen molar-refractivity contribution in [3.8, 4) is 22.9 Å². The van der Waals surface area contributed by atoms with E-state index in [0.29, 0.717) is 22.9 Å². The molecule has 0 spiro atoms. The van der Waals surface area contributed by atoms with Gasteiger partial charge in [0.15, 0.2) is 0 Å². The Balaban J connectivity index is 2.62. The molecule has 0 aliphatic rings. The number of aryl methyl sites for hydroxylation is 1. The number of aromatic nitrogens is 2. The zero-order chi connectivity index (χ0) is 12.3. The molecule has 0 saturated carbocycles. The van der Waals surface area contributed by atoms with Crippen LogP contribution in [0.5, 0.6) is 11.5 Å². The number of rotatable bonds is 3. The van der Waals surface area contributed by atoms with E-state index in [0.717, 1.165) is 5.69 Å². The Hall–Kier alpha value is -2.10. The maximum absolute atomic E-state index is 5.30. The van der Waals surface area contributed by atoms with Crippen LogP contribution in [0.4, 0.5) is 0 Å². The highest BCUT2D eigenvalue weighted by atomic mass is 16.5. The molecule has 0 saturated heterocycles. The first kappa shape index (κ1) is 11.4. The van der Waals surface area contributed by atoms with Crippen LogP contribution in [0.15, 0.2) is 30.5 Å². The Bertz CT molecular complexity index is 527. The second-order valence-electron chi connectivity index (χ2n) is 3.56. The zero-order valence-corrected chi connectivity index (χ0v) is 10.1. The number of ether oxygens (including phenoxy) is 2. The molecule has 0 amide bonds. The summed E-state index contributed by atoms with van der Waals surface area (Å²) in [5, 5.41) is 0. The second-order valence-corrected chi connectivity index (χ2v) is 3.56. The highest BCUT2D eigenvalue weighted by Crippen LogP contribution is 2.32. The lowest BCUT2D eigenvalue weighted by Crippen LogP contribution is -1.97. The molecule has 2 aromatic rings. The van der Waals surface area contributed by atoms with Crippen molar-refractivity contribution in [2.75, 3.05) is 14.2 Å². The average Bonchev–Trinajstić information content (AvgIpc) is 2.38. The van der Waals surface area contributed by atoms with Gasteiger partial charge >= 0.3 is 0 Å². The molecule has 88 valence electrons. The number of pyridine rings is 2. The minimum Gasteiger partial charge on any atom is -0.494 e. The lowest BCUT2D eigenvalue weighted by molar-refractivity contribution is 0.407. The van der Waals surface area contributed by atoms with Gasteiger partial charge in [0.25, 0.3) is 0 Å². The topological polar surface area (TPSA) is 44.2 Å². The van der Waals surface area contributed by atoms with Crippen molar-refractivity contribution in [1.29, 1.82) is 0 Å². The van der Waals surface area contributed by atoms with E-state index in [1.807, 2.05) is 31.2 Å². The van der Waals surface area contributed by atoms with Crippen LogP contribution in [-0.2, 0) is 0 Å². The molecule has 0 bridgehead atoms. The summed E-state index contributed by atoms with van der Waals surface area (Å²) in [7, 11) is 3.23. The van der Waals surface area contributed by atoms with Crippen molar-refractivity contribution in [3.05, 3.63) is 36.2 Å². The van der Waals surface area contributed by atoms with E-state index in [-0.39, 0.29) is 0 Å². The molecule has 0 aromatic carbocycles. The van der Waals surface area contributed by atoms with E-state index in [1.165, 1.54) is 0 Å². The van der Waals surface area contributed by atoms with Gasteiger partial charge in [-0.25, -0.2) is 4.98 Å². The monoisotopic (exact) mass is 230 g/mol. The molecular weight excluding hydrogens is 216 g/mol. The zero-order valence-electron chi connectivity index (χ0n) is 10.1. The van der Waals surface area contributed by atoms with Gasteiger partial charge in [0.1, 0.15) is 22.9 Å². The average molecular weight is 230 g/mol. The number of hydrogen-bond donors (Lipinski definition) is 0. The van der Waals surface area contributed by atoms with Crippen LogP contribution < -0.4 is 9.47 Å². The van der Waals surface area contributed by atoms with E-state index in [4.69, 9.17) is 9.47 Å². The minimum absolute atomic E-state index is 0.684. The molecule has 0 aliphatic heterocycles. The third-order valence-corrected chi connectivity index (χ3v) is 2.43. The van der Waals surface area contributed by atoms with E-state index >= 15 is 0 Å². The third-order valence-electron chi connectivity index (χ3n) is 2.43. The van der Waals surface area contributed by atoms with Crippen molar-refractivity contribution in [2.24, 2.45) is 0 Å². The van der Waals surface area contributed by atoms with Gasteiger partial charge in [-0.05, 0) is 31.2 Å². The summed E-state index contributed by atoms with van der Waals surface area (Å²) in [5.41, 5.74) is 2.30. The summed E-state index contributed by atoms with van der Waals surface area (Å²) in [5.74, 6) is 1.37. The maximum Gasteiger partial charge on any atom is 0.146 e. The van der Waals surface area contributed by atoms with Gasteiger partial charge in [-0.15, -0.1) is 0 Å². The van der Waals surface area contributed by atoms with Gasteiger partial charge in [-0.3, -0.25) is 4.98 Å². The maximum atomic E-state index is 5.30. The van der Waals surface area contributed by atoms with Crippen LogP contribution >= 0.6 is 0 Å². The first-order chi connectivity index (χ1) is 8.26. The van der Waals surface area contributed by atoms with Gasteiger partial charge in [0, 0.05) is 11.9 Å². The lowest BCUT2D eigenvalue weighted by atomic mass is 10.2. The van der Waals surface area contributed by atoms with Crippen LogP contribution in [0, 0.1) is 6.92 Å². The molecular formula is C13H14N2O2. The SMILES string of the molecule is COc1cccnc1-c1nc(C)ccc1OC. The Morgan fingerprint density at radius 1 is 0.941 bits per heavy atom. The molecule has 17 heavy (non-hydrogen) atoms. The third kappa shape index (κ3) is 2.20. The molecule has 0 radical (unpaired) electrons. The fourth-order valence-corrected chi connectivity index (χ4v) is 1.61. The molecule has 0 aliphatic carbocycles. The lowest BCUT2D eigenvalue weighted by Gasteiger charge is -2.10. The van der Waals surface area contributed by atoms with Crippen LogP contribution in [0.1, 0.15) is 5.69 Å². The van der Waals surface area contributed by atoms with Gasteiger partial charge in [-0.1, -0.05) is 0 Å². The molecule has 2 rings (SSSR count). The molecule has 2 aromatic heterocycles. The molecule has 2 heterocycles. The Labute approximate surface area is 100 Å². The van der Waals surface area contributed by atoms with Crippen LogP contribution in [0.2, 0.25) is 0 Å². The Morgan fingerprint density at radius 3 is 2.35 bits per heavy atom. The summed E-state index contributed by atoms with van der Waals surface area (Å²) in [6, 6.07) is 7.46. The molecule has 0 fully saturated rings. The van der Waals surface area contributed by atoms with E-state index in [1.54, 1.807) is 20.4 Å². The highest BCUT2D eigenvalue weighted by Gasteiger charge is 2.13. The summed E-state index contributed by atoms with van der Waals surface area (Å²) < 4.78 is 10.6. The Morgan fingerprint density at radius 2 is 1.65 bits per heavy atom. The van der Waals surface area contributed by atoms with Gasteiger partial charge in [0.2, 0.25) is 0 Å². The van der Waals surface area contributed by atoms with Crippen LogP contribution in [0.25, 0.3) is 11.4 Å². The molecule has 4 heteroatoms. The smallest absolute Gasteiger partial charge is 0.146 e. The predicted octanol–water partition coefficient (Wildman–Crippen LogP) is 2.47. The van der Waals surface area contributed by atoms with Crippen molar-refractivity contribution in [2.45, 2.75) is 6.92 Å². The minimum atomic E-state index is 0.684. The van der Waals surface area contributed by atoms with Crippen LogP contribution in [-0.4, -0.2) is 24.2 Å². The van der Waals surface area contributed by atoms with E-state index in [2.05, 4.69) is 9.97 Å². The predicted molar refractivity (Wildman–Crippen MR) is 65.3 cm³/mol. The quantitative estimate of drug-likeness (QED) is 0.812. The number of hydrogen-bond acceptors (Lipinski definition) is 4. The van der Waals surface area contributed by atoms with Gasteiger partial charge in [-0.2, -0.15) is 0 Å². The van der Waals surface area contributed by atoms with Crippen molar-refractivity contribution in [1.82, 2.24) is 9.97 Å². The summed E-state index contributed by atoms with van der Waals surface area (Å²) in [6.45, 7) is 1.93. The largest absolute Gasteiger partial charge is 0.494 e. The van der Waals surface area contributed by atoms with E-state index in [9.17, 15) is 0 Å². The summed E-state index contributed by atoms with van der Waals surface area (Å²) in [4.78, 5) is 8.76. The second kappa shape index (κ2) is 4.82. The number of methoxy groups -OCH3 is 2. The summed E-state index contributed by atoms with van der Waals surface area (Å²) in [6.07, 6.45) is 1.71. The molecule has 0 N–H and O–H groups in total. The molecule has 0 unspecified atom stereocenters. The van der Waals surface area contributed by atoms with Crippen molar-refractivity contribution >= 4 is 0 Å². The van der Waals surface area contributed by atoms with Gasteiger partial charge < -0.3 is 9.47 Å². The molecule has 4 nitrogen and oxygen atoms in total. The van der Waals surface area contributed by atoms with Crippen LogP contribution in [0.3, 0.4) is 0 Å². The fourth-order valence-electron chi connectivity index (χ4n) is 1.61. The van der Waals surface area contributed by atoms with Gasteiger partial charge in [0.05, 0.1) is 14.2 Å². The normalized spacial score (nSPS) is 10.1. The first-order valence-corrected chi connectivity index (χ1v) is 5.27. The highest BCUT2D eigenvalue weighted by molar-refractivity contribution is 5.68. The first-order valence-electron chi connectivity index (χ1n) is 5.27.